The highest BCUT2D eigenvalue weighted by Crippen LogP contribution is 2.43. The van der Waals surface area contributed by atoms with Crippen LogP contribution in [0.5, 0.6) is 0 Å². The van der Waals surface area contributed by atoms with Crippen molar-refractivity contribution in [2.24, 2.45) is 0 Å². The Bertz CT molecular complexity index is 2780. The standard InChI is InChI=1S/C42H24O/c1-4-13-30-27(10-1)28-11-2-5-14-31(28)38-24-40-36-22-25(26-17-9-18-35-34-16-7-8-19-41(34)43-42(26)35)20-21-33(36)29-12-3-6-15-32(29)39(40)23-37(30)38/h1-24H. The van der Waals surface area contributed by atoms with Gasteiger partial charge in [-0.15, -0.1) is 0 Å². The molecule has 198 valence electrons. The number of furan rings is 1. The van der Waals surface area contributed by atoms with Crippen LogP contribution in [-0.4, -0.2) is 0 Å². The second-order valence-corrected chi connectivity index (χ2v) is 11.6. The third-order valence-corrected chi connectivity index (χ3v) is 9.41. The van der Waals surface area contributed by atoms with E-state index in [0.717, 1.165) is 33.1 Å². The molecule has 10 rings (SSSR count). The molecule has 0 aliphatic heterocycles. The molecule has 0 radical (unpaired) electrons. The fourth-order valence-corrected chi connectivity index (χ4v) is 7.49. The molecule has 0 atom stereocenters. The van der Waals surface area contributed by atoms with E-state index in [1.807, 2.05) is 6.07 Å². The molecule has 0 N–H and O–H groups in total. The maximum atomic E-state index is 6.45. The second kappa shape index (κ2) is 8.44. The first-order valence-corrected chi connectivity index (χ1v) is 14.9. The minimum absolute atomic E-state index is 0.924. The Kier molecular flexibility index (Phi) is 4.51. The summed E-state index contributed by atoms with van der Waals surface area (Å²) in [6, 6.07) is 53.1. The van der Waals surface area contributed by atoms with Gasteiger partial charge in [-0.2, -0.15) is 0 Å². The number of hydrogen-bond acceptors (Lipinski definition) is 1. The van der Waals surface area contributed by atoms with Crippen molar-refractivity contribution < 1.29 is 4.42 Å². The highest BCUT2D eigenvalue weighted by atomic mass is 16.3. The van der Waals surface area contributed by atoms with Crippen LogP contribution in [-0.2, 0) is 0 Å². The molecule has 9 aromatic carbocycles. The Morgan fingerprint density at radius 1 is 0.279 bits per heavy atom. The predicted molar refractivity (Wildman–Crippen MR) is 184 cm³/mol. The predicted octanol–water partition coefficient (Wildman–Crippen LogP) is 12.2. The van der Waals surface area contributed by atoms with Gasteiger partial charge in [0.15, 0.2) is 0 Å². The third-order valence-electron chi connectivity index (χ3n) is 9.41. The van der Waals surface area contributed by atoms with Crippen molar-refractivity contribution in [3.05, 3.63) is 146 Å². The minimum Gasteiger partial charge on any atom is -0.455 e. The fourth-order valence-electron chi connectivity index (χ4n) is 7.49. The monoisotopic (exact) mass is 544 g/mol. The van der Waals surface area contributed by atoms with E-state index in [4.69, 9.17) is 4.42 Å². The summed E-state index contributed by atoms with van der Waals surface area (Å²) >= 11 is 0. The summed E-state index contributed by atoms with van der Waals surface area (Å²) in [6.07, 6.45) is 0. The highest BCUT2D eigenvalue weighted by molar-refractivity contribution is 6.33. The summed E-state index contributed by atoms with van der Waals surface area (Å²) in [4.78, 5) is 0. The minimum atomic E-state index is 0.924. The fraction of sp³-hybridized carbons (Fsp3) is 0. The van der Waals surface area contributed by atoms with Gasteiger partial charge in [-0.25, -0.2) is 0 Å². The van der Waals surface area contributed by atoms with E-state index in [2.05, 4.69) is 140 Å². The molecule has 1 nitrogen and oxygen atoms in total. The Balaban J connectivity index is 1.38. The lowest BCUT2D eigenvalue weighted by molar-refractivity contribution is 0.670. The van der Waals surface area contributed by atoms with Gasteiger partial charge in [-0.05, 0) is 94.5 Å². The van der Waals surface area contributed by atoms with Gasteiger partial charge in [-0.3, -0.25) is 0 Å². The Morgan fingerprint density at radius 3 is 1.28 bits per heavy atom. The lowest BCUT2D eigenvalue weighted by Gasteiger charge is -2.16. The molecule has 43 heavy (non-hydrogen) atoms. The molecule has 0 aliphatic carbocycles. The van der Waals surface area contributed by atoms with Crippen LogP contribution in [0.1, 0.15) is 0 Å². The summed E-state index contributed by atoms with van der Waals surface area (Å²) in [7, 11) is 0. The van der Waals surface area contributed by atoms with E-state index < -0.39 is 0 Å². The zero-order valence-corrected chi connectivity index (χ0v) is 23.3. The molecular formula is C42H24O. The number of hydrogen-bond donors (Lipinski definition) is 0. The van der Waals surface area contributed by atoms with Gasteiger partial charge in [0.25, 0.3) is 0 Å². The molecule has 10 aromatic rings. The van der Waals surface area contributed by atoms with Gasteiger partial charge in [0, 0.05) is 16.3 Å². The molecule has 0 spiro atoms. The van der Waals surface area contributed by atoms with Gasteiger partial charge < -0.3 is 4.42 Å². The van der Waals surface area contributed by atoms with Gasteiger partial charge >= 0.3 is 0 Å². The van der Waals surface area contributed by atoms with Crippen molar-refractivity contribution in [1.82, 2.24) is 0 Å². The second-order valence-electron chi connectivity index (χ2n) is 11.6. The molecule has 1 aromatic heterocycles. The SMILES string of the molecule is c1ccc2c(c1)oc1c(-c3ccc4c5ccccc5c5cc6c7ccccc7c7ccccc7c6cc5c4c3)cccc12. The van der Waals surface area contributed by atoms with Crippen molar-refractivity contribution >= 4 is 86.6 Å². The molecule has 0 amide bonds. The van der Waals surface area contributed by atoms with Crippen LogP contribution in [0.3, 0.4) is 0 Å². The molecule has 0 bridgehead atoms. The molecular weight excluding hydrogens is 520 g/mol. The molecule has 0 aliphatic rings. The van der Waals surface area contributed by atoms with E-state index in [0.29, 0.717) is 0 Å². The van der Waals surface area contributed by atoms with E-state index in [1.54, 1.807) is 0 Å². The molecule has 0 fully saturated rings. The Hall–Kier alpha value is -5.66. The van der Waals surface area contributed by atoms with Crippen molar-refractivity contribution in [3.8, 4) is 11.1 Å². The number of para-hydroxylation sites is 2. The molecule has 1 heterocycles. The zero-order valence-electron chi connectivity index (χ0n) is 23.3. The number of fused-ring (bicyclic) bond motifs is 15. The average Bonchev–Trinajstić information content (AvgIpc) is 3.47. The Labute approximate surface area is 247 Å². The van der Waals surface area contributed by atoms with Gasteiger partial charge in [0.2, 0.25) is 0 Å². The van der Waals surface area contributed by atoms with Crippen LogP contribution < -0.4 is 0 Å². The average molecular weight is 545 g/mol. The van der Waals surface area contributed by atoms with Crippen molar-refractivity contribution in [3.63, 3.8) is 0 Å². The third kappa shape index (κ3) is 3.11. The maximum absolute atomic E-state index is 6.45. The summed E-state index contributed by atoms with van der Waals surface area (Å²) in [5, 5.41) is 17.8. The van der Waals surface area contributed by atoms with Crippen molar-refractivity contribution in [1.29, 1.82) is 0 Å². The quantitative estimate of drug-likeness (QED) is 0.148. The molecule has 1 heteroatoms. The van der Waals surface area contributed by atoms with Crippen molar-refractivity contribution in [2.75, 3.05) is 0 Å². The van der Waals surface area contributed by atoms with Gasteiger partial charge in [-0.1, -0.05) is 121 Å². The smallest absolute Gasteiger partial charge is 0.143 e. The van der Waals surface area contributed by atoms with Gasteiger partial charge in [0.05, 0.1) is 0 Å². The topological polar surface area (TPSA) is 13.1 Å². The summed E-state index contributed by atoms with van der Waals surface area (Å²) in [6.45, 7) is 0. The van der Waals surface area contributed by atoms with E-state index in [9.17, 15) is 0 Å². The lowest BCUT2D eigenvalue weighted by atomic mass is 9.88. The summed E-state index contributed by atoms with van der Waals surface area (Å²) in [5.41, 5.74) is 4.15. The molecule has 0 unspecified atom stereocenters. The maximum Gasteiger partial charge on any atom is 0.143 e. The highest BCUT2D eigenvalue weighted by Gasteiger charge is 2.16. The Morgan fingerprint density at radius 2 is 0.698 bits per heavy atom. The first-order valence-electron chi connectivity index (χ1n) is 14.9. The van der Waals surface area contributed by atoms with E-state index in [-0.39, 0.29) is 0 Å². The van der Waals surface area contributed by atoms with Crippen LogP contribution in [0.2, 0.25) is 0 Å². The van der Waals surface area contributed by atoms with E-state index >= 15 is 0 Å². The number of rotatable bonds is 1. The summed E-state index contributed by atoms with van der Waals surface area (Å²) in [5.74, 6) is 0. The zero-order chi connectivity index (χ0) is 28.1. The largest absolute Gasteiger partial charge is 0.455 e. The lowest BCUT2D eigenvalue weighted by Crippen LogP contribution is -1.88. The number of benzene rings is 9. The van der Waals surface area contributed by atoms with Crippen LogP contribution in [0, 0.1) is 0 Å². The van der Waals surface area contributed by atoms with Crippen LogP contribution >= 0.6 is 0 Å². The van der Waals surface area contributed by atoms with Gasteiger partial charge in [0.1, 0.15) is 11.2 Å². The normalized spacial score (nSPS) is 12.2. The molecule has 0 saturated carbocycles. The first-order chi connectivity index (χ1) is 21.3. The van der Waals surface area contributed by atoms with Crippen molar-refractivity contribution in [2.45, 2.75) is 0 Å². The molecule has 0 saturated heterocycles. The van der Waals surface area contributed by atoms with E-state index in [1.165, 1.54) is 64.6 Å². The first kappa shape index (κ1) is 23.0. The van der Waals surface area contributed by atoms with Crippen LogP contribution in [0.4, 0.5) is 0 Å². The van der Waals surface area contributed by atoms with Crippen LogP contribution in [0.15, 0.2) is 150 Å². The summed E-state index contributed by atoms with van der Waals surface area (Å²) < 4.78 is 6.45. The van der Waals surface area contributed by atoms with Crippen LogP contribution in [0.25, 0.3) is 97.7 Å².